The number of rotatable bonds is 5. The molecule has 0 radical (unpaired) electrons. The fourth-order valence-electron chi connectivity index (χ4n) is 3.92. The fourth-order valence-corrected chi connectivity index (χ4v) is 5.04. The highest BCUT2D eigenvalue weighted by molar-refractivity contribution is 7.90. The average Bonchev–Trinajstić information content (AvgIpc) is 2.70. The van der Waals surface area contributed by atoms with E-state index in [1.165, 1.54) is 18.2 Å². The summed E-state index contributed by atoms with van der Waals surface area (Å²) in [6.07, 6.45) is 4.08. The van der Waals surface area contributed by atoms with Crippen molar-refractivity contribution in [2.75, 3.05) is 19.3 Å². The van der Waals surface area contributed by atoms with Crippen LogP contribution in [0.3, 0.4) is 0 Å². The van der Waals surface area contributed by atoms with Gasteiger partial charge in [-0.25, -0.2) is 12.8 Å². The molecule has 0 bridgehead atoms. The topological polar surface area (TPSA) is 79.5 Å². The van der Waals surface area contributed by atoms with Gasteiger partial charge in [0.1, 0.15) is 17.7 Å². The van der Waals surface area contributed by atoms with E-state index in [0.29, 0.717) is 54.2 Å². The molecule has 0 aliphatic carbocycles. The Balaban J connectivity index is 1.43. The highest BCUT2D eigenvalue weighted by Crippen LogP contribution is 2.31. The minimum atomic E-state index is -3.44. The molecule has 164 valence electrons. The number of ether oxygens (including phenoxy) is 1. The van der Waals surface area contributed by atoms with Crippen molar-refractivity contribution < 1.29 is 17.5 Å². The van der Waals surface area contributed by atoms with E-state index in [-0.39, 0.29) is 16.6 Å². The monoisotopic (exact) mass is 464 g/mol. The van der Waals surface area contributed by atoms with Crippen LogP contribution in [0.1, 0.15) is 18.4 Å². The molecule has 1 aliphatic heterocycles. The summed E-state index contributed by atoms with van der Waals surface area (Å²) in [6.45, 7) is 1.71. The summed E-state index contributed by atoms with van der Waals surface area (Å²) in [5.74, 6) is 0.0770. The van der Waals surface area contributed by atoms with Gasteiger partial charge in [-0.15, -0.1) is 0 Å². The lowest BCUT2D eigenvalue weighted by molar-refractivity contribution is 0.0965. The third kappa shape index (κ3) is 4.92. The van der Waals surface area contributed by atoms with Gasteiger partial charge in [-0.1, -0.05) is 11.6 Å². The van der Waals surface area contributed by atoms with Crippen LogP contribution in [0.15, 0.2) is 52.3 Å². The van der Waals surface area contributed by atoms with E-state index in [2.05, 4.69) is 9.88 Å². The normalized spacial score (nSPS) is 16.0. The summed E-state index contributed by atoms with van der Waals surface area (Å²) in [6, 6.07) is 8.95. The van der Waals surface area contributed by atoms with Crippen LogP contribution >= 0.6 is 11.6 Å². The van der Waals surface area contributed by atoms with E-state index in [4.69, 9.17) is 16.3 Å². The summed E-state index contributed by atoms with van der Waals surface area (Å²) in [5, 5.41) is 1.63. The van der Waals surface area contributed by atoms with Gasteiger partial charge in [0.2, 0.25) is 0 Å². The van der Waals surface area contributed by atoms with Gasteiger partial charge < -0.3 is 9.72 Å². The number of H-pyrrole nitrogens is 1. The summed E-state index contributed by atoms with van der Waals surface area (Å²) < 4.78 is 43.8. The number of nitrogens with zero attached hydrogens (tertiary/aromatic N) is 1. The molecule has 2 aromatic carbocycles. The molecule has 1 N–H and O–H groups in total. The molecule has 0 amide bonds. The number of nitrogens with one attached hydrogen (secondary N) is 1. The lowest BCUT2D eigenvalue weighted by atomic mass is 10.1. The second kappa shape index (κ2) is 8.61. The van der Waals surface area contributed by atoms with E-state index in [0.717, 1.165) is 11.6 Å². The van der Waals surface area contributed by atoms with E-state index < -0.39 is 15.7 Å². The van der Waals surface area contributed by atoms with Gasteiger partial charge in [0.15, 0.2) is 9.84 Å². The molecule has 1 aliphatic rings. The van der Waals surface area contributed by atoms with Crippen molar-refractivity contribution in [2.45, 2.75) is 30.4 Å². The van der Waals surface area contributed by atoms with Crippen molar-refractivity contribution in [1.29, 1.82) is 0 Å². The maximum Gasteiger partial charge on any atom is 0.255 e. The molecule has 0 saturated carbocycles. The first-order chi connectivity index (χ1) is 14.7. The zero-order valence-electron chi connectivity index (χ0n) is 16.9. The molecule has 0 atom stereocenters. The Bertz CT molecular complexity index is 1280. The van der Waals surface area contributed by atoms with Gasteiger partial charge in [0.05, 0.1) is 9.92 Å². The fraction of sp³-hybridized carbons (Fsp3) is 0.318. The van der Waals surface area contributed by atoms with Crippen molar-refractivity contribution in [3.05, 3.63) is 69.4 Å². The third-order valence-corrected chi connectivity index (χ3v) is 6.96. The van der Waals surface area contributed by atoms with Crippen molar-refractivity contribution in [1.82, 2.24) is 9.88 Å². The Morgan fingerprint density at radius 1 is 1.19 bits per heavy atom. The Morgan fingerprint density at radius 2 is 1.94 bits per heavy atom. The number of hydrogen-bond acceptors (Lipinski definition) is 5. The number of fused-ring (bicyclic) bond motifs is 1. The van der Waals surface area contributed by atoms with Gasteiger partial charge in [-0.3, -0.25) is 9.69 Å². The number of aromatic amines is 1. The quantitative estimate of drug-likeness (QED) is 0.581. The van der Waals surface area contributed by atoms with E-state index in [1.807, 2.05) is 0 Å². The number of likely N-dealkylation sites (tertiary alicyclic amines) is 1. The maximum atomic E-state index is 13.7. The number of pyridine rings is 1. The minimum absolute atomic E-state index is 0.0601. The molecule has 6 nitrogen and oxygen atoms in total. The molecule has 0 spiro atoms. The zero-order valence-corrected chi connectivity index (χ0v) is 18.5. The molecule has 31 heavy (non-hydrogen) atoms. The Kier molecular flexibility index (Phi) is 6.05. The van der Waals surface area contributed by atoms with Crippen LogP contribution in [0.5, 0.6) is 5.75 Å². The van der Waals surface area contributed by atoms with E-state index >= 15 is 0 Å². The largest absolute Gasteiger partial charge is 0.489 e. The zero-order chi connectivity index (χ0) is 22.2. The molecule has 2 heterocycles. The number of piperidine rings is 1. The maximum absolute atomic E-state index is 13.7. The molecule has 1 fully saturated rings. The Labute approximate surface area is 184 Å². The van der Waals surface area contributed by atoms with Crippen LogP contribution in [0, 0.1) is 5.82 Å². The summed E-state index contributed by atoms with van der Waals surface area (Å²) in [4.78, 5) is 16.8. The highest BCUT2D eigenvalue weighted by Gasteiger charge is 2.24. The van der Waals surface area contributed by atoms with Gasteiger partial charge in [-0.05, 0) is 60.2 Å². The standard InChI is InChI=1S/C22H22ClFN2O4S/c1-31(28,29)21-3-2-16(24)10-15(21)13-26-8-5-17(6-9-26)30-20-11-14-4-7-25-22(27)18(14)12-19(20)23/h2-4,7,10-12,17H,5-6,8-9,13H2,1H3,(H,25,27). The molecule has 3 aromatic rings. The molecule has 1 aromatic heterocycles. The lowest BCUT2D eigenvalue weighted by Crippen LogP contribution is -2.38. The Morgan fingerprint density at radius 3 is 2.65 bits per heavy atom. The second-order valence-corrected chi connectivity index (χ2v) is 10.2. The van der Waals surface area contributed by atoms with Gasteiger partial charge >= 0.3 is 0 Å². The van der Waals surface area contributed by atoms with Crippen LogP contribution in [0.4, 0.5) is 4.39 Å². The number of halogens is 2. The van der Waals surface area contributed by atoms with Crippen LogP contribution in [0.25, 0.3) is 10.8 Å². The molecular formula is C22H22ClFN2O4S. The van der Waals surface area contributed by atoms with Crippen LogP contribution in [-0.2, 0) is 16.4 Å². The van der Waals surface area contributed by atoms with Crippen molar-refractivity contribution in [2.24, 2.45) is 0 Å². The van der Waals surface area contributed by atoms with E-state index in [9.17, 15) is 17.6 Å². The smallest absolute Gasteiger partial charge is 0.255 e. The van der Waals surface area contributed by atoms with E-state index in [1.54, 1.807) is 24.4 Å². The summed E-state index contributed by atoms with van der Waals surface area (Å²) >= 11 is 6.32. The first-order valence-electron chi connectivity index (χ1n) is 9.89. The molecule has 1 saturated heterocycles. The van der Waals surface area contributed by atoms with Gasteiger partial charge in [-0.2, -0.15) is 0 Å². The van der Waals surface area contributed by atoms with Crippen molar-refractivity contribution in [3.8, 4) is 5.75 Å². The highest BCUT2D eigenvalue weighted by atomic mass is 35.5. The van der Waals surface area contributed by atoms with Gasteiger partial charge in [0, 0.05) is 37.5 Å². The van der Waals surface area contributed by atoms with Crippen LogP contribution in [-0.4, -0.2) is 43.8 Å². The van der Waals surface area contributed by atoms with Crippen molar-refractivity contribution >= 4 is 32.2 Å². The third-order valence-electron chi connectivity index (χ3n) is 5.47. The summed E-state index contributed by atoms with van der Waals surface area (Å²) in [7, 11) is -3.44. The number of aromatic nitrogens is 1. The van der Waals surface area contributed by atoms with Crippen LogP contribution < -0.4 is 10.3 Å². The molecule has 9 heteroatoms. The first-order valence-corrected chi connectivity index (χ1v) is 12.2. The molecular weight excluding hydrogens is 443 g/mol. The number of hydrogen-bond donors (Lipinski definition) is 1. The predicted molar refractivity (Wildman–Crippen MR) is 118 cm³/mol. The van der Waals surface area contributed by atoms with Crippen LogP contribution in [0.2, 0.25) is 5.02 Å². The SMILES string of the molecule is CS(=O)(=O)c1ccc(F)cc1CN1CCC(Oc2cc3cc[nH]c(=O)c3cc2Cl)CC1. The number of sulfone groups is 1. The Hall–Kier alpha value is -2.42. The second-order valence-electron chi connectivity index (χ2n) is 7.79. The predicted octanol–water partition coefficient (Wildman–Crippen LogP) is 3.77. The van der Waals surface area contributed by atoms with Crippen molar-refractivity contribution in [3.63, 3.8) is 0 Å². The summed E-state index contributed by atoms with van der Waals surface area (Å²) in [5.41, 5.74) is 0.259. The average molecular weight is 465 g/mol. The number of benzene rings is 2. The lowest BCUT2D eigenvalue weighted by Gasteiger charge is -2.32. The molecule has 4 rings (SSSR count). The first kappa shape index (κ1) is 21.8. The minimum Gasteiger partial charge on any atom is -0.489 e. The van der Waals surface area contributed by atoms with Gasteiger partial charge in [0.25, 0.3) is 5.56 Å². The molecule has 0 unspecified atom stereocenters.